The number of rotatable bonds is 4. The summed E-state index contributed by atoms with van der Waals surface area (Å²) in [5.41, 5.74) is -0.201. The maximum Gasteiger partial charge on any atom is 0.353 e. The van der Waals surface area contributed by atoms with Crippen LogP contribution in [0.25, 0.3) is 0 Å². The van der Waals surface area contributed by atoms with Crippen LogP contribution in [0.1, 0.15) is 15.5 Å². The van der Waals surface area contributed by atoms with Gasteiger partial charge >= 0.3 is 5.97 Å². The molecule has 2 rings (SSSR count). The Morgan fingerprint density at radius 1 is 1.56 bits per heavy atom. The Hall–Kier alpha value is -1.94. The second kappa shape index (κ2) is 4.38. The van der Waals surface area contributed by atoms with Crippen molar-refractivity contribution in [3.63, 3.8) is 0 Å². The third-order valence-corrected chi connectivity index (χ3v) is 4.64. The Labute approximate surface area is 106 Å². The van der Waals surface area contributed by atoms with Gasteiger partial charge in [-0.15, -0.1) is 11.3 Å². The number of carboxylic acids is 1. The van der Waals surface area contributed by atoms with Gasteiger partial charge in [0, 0.05) is 6.07 Å². The van der Waals surface area contributed by atoms with Gasteiger partial charge in [0.1, 0.15) is 5.69 Å². The summed E-state index contributed by atoms with van der Waals surface area (Å²) in [6, 6.07) is 1.09. The molecule has 0 atom stereocenters. The van der Waals surface area contributed by atoms with Gasteiger partial charge in [-0.2, -0.15) is 5.10 Å². The van der Waals surface area contributed by atoms with Crippen molar-refractivity contribution in [2.24, 2.45) is 0 Å². The number of aromatic carboxylic acids is 1. The molecule has 0 saturated heterocycles. The molecule has 0 amide bonds. The molecule has 10 heteroatoms. The van der Waals surface area contributed by atoms with Gasteiger partial charge in [0.25, 0.3) is 10.0 Å². The largest absolute Gasteiger partial charge is 0.477 e. The number of H-pyrrole nitrogens is 1. The molecule has 0 bridgehead atoms. The van der Waals surface area contributed by atoms with Crippen molar-refractivity contribution < 1.29 is 18.3 Å². The Morgan fingerprint density at radius 3 is 2.78 bits per heavy atom. The molecule has 2 aromatic heterocycles. The molecule has 0 aliphatic rings. The molecule has 8 nitrogen and oxygen atoms in total. The van der Waals surface area contributed by atoms with E-state index in [1.807, 2.05) is 0 Å². The van der Waals surface area contributed by atoms with Crippen LogP contribution in [-0.4, -0.2) is 34.7 Å². The maximum absolute atomic E-state index is 11.9. The molecule has 0 unspecified atom stereocenters. The highest BCUT2D eigenvalue weighted by Crippen LogP contribution is 2.20. The Morgan fingerprint density at radius 2 is 2.28 bits per heavy atom. The summed E-state index contributed by atoms with van der Waals surface area (Å²) in [5.74, 6) is -1.31. The van der Waals surface area contributed by atoms with Crippen LogP contribution in [0.3, 0.4) is 0 Å². The zero-order valence-electron chi connectivity index (χ0n) is 9.04. The highest BCUT2D eigenvalue weighted by Gasteiger charge is 2.19. The van der Waals surface area contributed by atoms with Gasteiger partial charge in [-0.3, -0.25) is 9.82 Å². The first-order valence-corrected chi connectivity index (χ1v) is 6.92. The quantitative estimate of drug-likeness (QED) is 0.759. The lowest BCUT2D eigenvalue weighted by Gasteiger charge is -2.00. The van der Waals surface area contributed by atoms with E-state index < -0.39 is 16.0 Å². The third-order valence-electron chi connectivity index (χ3n) is 1.91. The topological polar surface area (TPSA) is 125 Å². The summed E-state index contributed by atoms with van der Waals surface area (Å²) in [5, 5.41) is 15.0. The summed E-state index contributed by atoms with van der Waals surface area (Å²) in [7, 11) is -3.77. The van der Waals surface area contributed by atoms with Crippen LogP contribution >= 0.6 is 11.3 Å². The van der Waals surface area contributed by atoms with E-state index in [9.17, 15) is 13.2 Å². The van der Waals surface area contributed by atoms with Crippen LogP contribution < -0.4 is 4.72 Å². The van der Waals surface area contributed by atoms with Gasteiger partial charge in [0.2, 0.25) is 0 Å². The first-order valence-electron chi connectivity index (χ1n) is 4.62. The first kappa shape index (κ1) is 12.5. The van der Waals surface area contributed by atoms with Crippen LogP contribution in [0, 0.1) is 6.92 Å². The highest BCUT2D eigenvalue weighted by molar-refractivity contribution is 7.94. The summed E-state index contributed by atoms with van der Waals surface area (Å²) in [6.07, 6.45) is 1.23. The van der Waals surface area contributed by atoms with Crippen LogP contribution in [-0.2, 0) is 10.0 Å². The van der Waals surface area contributed by atoms with Crippen molar-refractivity contribution in [1.82, 2.24) is 15.2 Å². The molecular formula is C8H8N4O4S2. The predicted molar refractivity (Wildman–Crippen MR) is 63.2 cm³/mol. The Balaban J connectivity index is 2.25. The zero-order valence-corrected chi connectivity index (χ0v) is 10.7. The van der Waals surface area contributed by atoms with E-state index in [1.54, 1.807) is 6.92 Å². The number of sulfonamides is 1. The van der Waals surface area contributed by atoms with E-state index in [1.165, 1.54) is 6.20 Å². The van der Waals surface area contributed by atoms with E-state index in [2.05, 4.69) is 19.9 Å². The number of thiazole rings is 1. The zero-order chi connectivity index (χ0) is 13.3. The molecule has 0 aromatic carbocycles. The number of nitrogens with zero attached hydrogens (tertiary/aromatic N) is 2. The fourth-order valence-electron chi connectivity index (χ4n) is 1.14. The van der Waals surface area contributed by atoms with Gasteiger partial charge in [-0.1, -0.05) is 0 Å². The van der Waals surface area contributed by atoms with Gasteiger partial charge in [-0.05, 0) is 6.92 Å². The average Bonchev–Trinajstić information content (AvgIpc) is 2.86. The number of aryl methyl sites for hydroxylation is 1. The van der Waals surface area contributed by atoms with E-state index in [-0.39, 0.29) is 15.7 Å². The van der Waals surface area contributed by atoms with Gasteiger partial charge in [-0.25, -0.2) is 18.2 Å². The van der Waals surface area contributed by atoms with E-state index in [4.69, 9.17) is 5.11 Å². The van der Waals surface area contributed by atoms with E-state index >= 15 is 0 Å². The average molecular weight is 288 g/mol. The van der Waals surface area contributed by atoms with Crippen LogP contribution in [0.4, 0.5) is 5.82 Å². The number of carbonyl (C=O) groups is 1. The number of hydrogen-bond donors (Lipinski definition) is 3. The van der Waals surface area contributed by atoms with Gasteiger partial charge in [0.05, 0.1) is 11.2 Å². The highest BCUT2D eigenvalue weighted by atomic mass is 32.2. The molecule has 0 fully saturated rings. The Bertz CT molecular complexity index is 688. The minimum Gasteiger partial charge on any atom is -0.477 e. The molecule has 96 valence electrons. The predicted octanol–water partition coefficient (Wildman–Crippen LogP) is 0.674. The summed E-state index contributed by atoms with van der Waals surface area (Å²) < 4.78 is 25.9. The molecule has 0 radical (unpaired) electrons. The van der Waals surface area contributed by atoms with E-state index in [0.717, 1.165) is 17.4 Å². The standard InChI is InChI=1S/C8H8N4O4S2/c1-4-9-3-7(17-4)18(15,16)12-6-2-5(8(13)14)10-11-6/h2-3H,1H3,(H,13,14)(H2,10,11,12). The molecule has 0 aliphatic carbocycles. The molecule has 2 aromatic rings. The first-order chi connectivity index (χ1) is 8.38. The summed E-state index contributed by atoms with van der Waals surface area (Å²) >= 11 is 1.01. The SMILES string of the molecule is Cc1ncc(S(=O)(=O)Nc2cc(C(=O)O)[nH]n2)s1. The third kappa shape index (κ3) is 2.49. The van der Waals surface area contributed by atoms with Gasteiger partial charge in [0.15, 0.2) is 10.0 Å². The Kier molecular flexibility index (Phi) is 3.05. The van der Waals surface area contributed by atoms with Crippen molar-refractivity contribution in [2.45, 2.75) is 11.1 Å². The number of hydrogen-bond acceptors (Lipinski definition) is 6. The fourth-order valence-corrected chi connectivity index (χ4v) is 3.24. The monoisotopic (exact) mass is 288 g/mol. The van der Waals surface area contributed by atoms with Crippen LogP contribution in [0.15, 0.2) is 16.5 Å². The lowest BCUT2D eigenvalue weighted by molar-refractivity contribution is 0.0690. The van der Waals surface area contributed by atoms with Crippen molar-refractivity contribution >= 4 is 33.1 Å². The van der Waals surface area contributed by atoms with Crippen molar-refractivity contribution in [2.75, 3.05) is 4.72 Å². The van der Waals surface area contributed by atoms with Gasteiger partial charge < -0.3 is 5.11 Å². The fraction of sp³-hybridized carbons (Fsp3) is 0.125. The normalized spacial score (nSPS) is 11.4. The second-order valence-electron chi connectivity index (χ2n) is 3.28. The number of anilines is 1. The number of carboxylic acid groups (broad SMARTS) is 1. The maximum atomic E-state index is 11.9. The van der Waals surface area contributed by atoms with E-state index in [0.29, 0.717) is 5.01 Å². The minimum absolute atomic E-state index is 0.0416. The summed E-state index contributed by atoms with van der Waals surface area (Å²) in [4.78, 5) is 14.4. The minimum atomic E-state index is -3.77. The molecule has 0 spiro atoms. The summed E-state index contributed by atoms with van der Waals surface area (Å²) in [6.45, 7) is 1.68. The molecule has 3 N–H and O–H groups in total. The van der Waals surface area contributed by atoms with Crippen LogP contribution in [0.2, 0.25) is 0 Å². The van der Waals surface area contributed by atoms with Crippen molar-refractivity contribution in [3.05, 3.63) is 23.0 Å². The lowest BCUT2D eigenvalue weighted by atomic mass is 10.4. The molecule has 0 saturated carbocycles. The lowest BCUT2D eigenvalue weighted by Crippen LogP contribution is -2.11. The molecular weight excluding hydrogens is 280 g/mol. The number of aromatic nitrogens is 3. The molecule has 2 heterocycles. The molecule has 0 aliphatic heterocycles. The van der Waals surface area contributed by atoms with Crippen molar-refractivity contribution in [1.29, 1.82) is 0 Å². The number of nitrogens with one attached hydrogen (secondary N) is 2. The smallest absolute Gasteiger partial charge is 0.353 e. The van der Waals surface area contributed by atoms with Crippen molar-refractivity contribution in [3.8, 4) is 0 Å². The number of aromatic amines is 1. The van der Waals surface area contributed by atoms with Crippen LogP contribution in [0.5, 0.6) is 0 Å². The molecule has 18 heavy (non-hydrogen) atoms. The second-order valence-corrected chi connectivity index (χ2v) is 6.42.